The highest BCUT2D eigenvalue weighted by Gasteiger charge is 2.55. The van der Waals surface area contributed by atoms with Gasteiger partial charge in [0.15, 0.2) is 12.3 Å². The van der Waals surface area contributed by atoms with E-state index in [9.17, 15) is 27.4 Å². The summed E-state index contributed by atoms with van der Waals surface area (Å²) in [5.74, 6) is 1.70. The molecule has 11 rings (SSSR count). The fraction of sp³-hybridized carbons (Fsp3) is 0.623. The highest BCUT2D eigenvalue weighted by atomic mass is 32.2. The molecule has 2 atom stereocenters. The standard InChI is InChI=1S/C35H35N3O8S.C18H33B.HNS/c1-34(2)23-15-19(16-31(41)46-38-29(39)9-10-30(38)40)5-7-25(23)36-13-11-27-21(32(34)36)18-22-28(45-27)12-14-37-26-8-6-20(47(42,43)44)17-24(26)35(3,4)33(22)37;1-4-10-16(11-5-1)19(17-12-6-2-7-13-17)18-14-8-3-9-15-18;1-2/h5-8,15,17-18,27-28H,9-14,16H2,1-4H3;16-18H,1-15H2;1H. The van der Waals surface area contributed by atoms with Crippen LogP contribution in [0.15, 0.2) is 64.2 Å². The number of fused-ring (bicyclic) bond motifs is 8. The molecule has 4 fully saturated rings. The third-order valence-corrected chi connectivity index (χ3v) is 18.0. The second-order valence-corrected chi connectivity index (χ2v) is 23.4. The molecule has 2 amide bonds. The average Bonchev–Trinajstić information content (AvgIpc) is 3.87. The van der Waals surface area contributed by atoms with Crippen molar-refractivity contribution in [2.24, 2.45) is 0 Å². The molecular weight excluding hydrogens is 896 g/mol. The number of benzene rings is 2. The SMILES string of the molecule is C1CCC(B(C2CCCCC2)C2CCCCC2)CC1.CC1(C)C2=C3C=C4C5=[N+](CCC4OC3CCN2c2ccc(CC(=O)ON3C(=O)CCC3=O)cc21)c1ccc(S(=O)(=O)[O-])cc1C5(C)C.N=S. The van der Waals surface area contributed by atoms with Crippen LogP contribution in [0.2, 0.25) is 17.5 Å². The number of carbonyl (C=O) groups excluding carboxylic acids is 3. The predicted octanol–water partition coefficient (Wildman–Crippen LogP) is 10.4. The summed E-state index contributed by atoms with van der Waals surface area (Å²) in [6, 6.07) is 10.6. The Bertz CT molecular complexity index is 2480. The molecule has 2 unspecified atom stereocenters. The van der Waals surface area contributed by atoms with Crippen LogP contribution < -0.4 is 4.90 Å². The van der Waals surface area contributed by atoms with Crippen molar-refractivity contribution in [1.82, 2.24) is 5.06 Å². The zero-order chi connectivity index (χ0) is 48.1. The summed E-state index contributed by atoms with van der Waals surface area (Å²) in [5.41, 5.74) is 8.00. The molecule has 0 bridgehead atoms. The number of nitrogens with zero attached hydrogens (tertiary/aromatic N) is 3. The largest absolute Gasteiger partial charge is 0.744 e. The molecule has 0 spiro atoms. The molecule has 2 aromatic rings. The molecule has 0 radical (unpaired) electrons. The Morgan fingerprint density at radius 2 is 1.38 bits per heavy atom. The number of nitrogens with one attached hydrogen (secondary N) is 1. The molecule has 1 N–H and O–H groups in total. The van der Waals surface area contributed by atoms with E-state index in [1.165, 1.54) is 31.4 Å². The van der Waals surface area contributed by atoms with Gasteiger partial charge in [0.2, 0.25) is 5.69 Å². The quantitative estimate of drug-likeness (QED) is 0.122. The highest BCUT2D eigenvalue weighted by molar-refractivity contribution is 7.85. The number of allylic oxidation sites excluding steroid dienone is 1. The van der Waals surface area contributed by atoms with Crippen LogP contribution >= 0.6 is 0 Å². The van der Waals surface area contributed by atoms with Gasteiger partial charge in [0.1, 0.15) is 16.8 Å². The van der Waals surface area contributed by atoms with Crippen molar-refractivity contribution in [2.75, 3.05) is 18.0 Å². The van der Waals surface area contributed by atoms with E-state index >= 15 is 0 Å². The zero-order valence-corrected chi connectivity index (χ0v) is 42.1. The number of amides is 2. The molecule has 6 heterocycles. The molecular formula is C53H69BN4O8S2. The Balaban J connectivity index is 0.000000229. The number of ether oxygens (including phenoxy) is 1. The number of carbonyl (C=O) groups is 3. The first-order valence-corrected chi connectivity index (χ1v) is 27.5. The van der Waals surface area contributed by atoms with Gasteiger partial charge in [-0.15, -0.1) is 5.06 Å². The first-order chi connectivity index (χ1) is 32.6. The van der Waals surface area contributed by atoms with E-state index in [2.05, 4.69) is 55.7 Å². The van der Waals surface area contributed by atoms with E-state index in [0.29, 0.717) is 5.06 Å². The molecule has 3 saturated carbocycles. The number of anilines is 1. The molecule has 9 aliphatic rings. The summed E-state index contributed by atoms with van der Waals surface area (Å²) >= 11 is 3.33. The van der Waals surface area contributed by atoms with Crippen molar-refractivity contribution < 1.29 is 41.5 Å². The fourth-order valence-corrected chi connectivity index (χ4v) is 14.8. The van der Waals surface area contributed by atoms with Gasteiger partial charge in [-0.2, -0.15) is 4.58 Å². The van der Waals surface area contributed by atoms with Gasteiger partial charge in [0, 0.05) is 77.8 Å². The third kappa shape index (κ3) is 9.11. The molecule has 0 aromatic heterocycles. The number of rotatable bonds is 7. The summed E-state index contributed by atoms with van der Waals surface area (Å²) < 4.78 is 50.2. The first-order valence-electron chi connectivity index (χ1n) is 25.7. The number of imide groups is 1. The number of hydrogen-bond donors (Lipinski definition) is 1. The summed E-state index contributed by atoms with van der Waals surface area (Å²) in [6.45, 7) is 11.1. The Labute approximate surface area is 409 Å². The van der Waals surface area contributed by atoms with Crippen molar-refractivity contribution in [3.05, 3.63) is 76.0 Å². The Hall–Kier alpha value is -4.05. The van der Waals surface area contributed by atoms with Crippen LogP contribution in [0.25, 0.3) is 0 Å². The van der Waals surface area contributed by atoms with Gasteiger partial charge in [-0.3, -0.25) is 9.59 Å². The molecule has 2 aromatic carbocycles. The Morgan fingerprint density at radius 1 is 0.794 bits per heavy atom. The number of hydroxylamine groups is 2. The smallest absolute Gasteiger partial charge is 0.337 e. The Kier molecular flexibility index (Phi) is 14.1. The zero-order valence-electron chi connectivity index (χ0n) is 40.5. The summed E-state index contributed by atoms with van der Waals surface area (Å²) in [5, 5.41) is 0.579. The van der Waals surface area contributed by atoms with E-state index in [4.69, 9.17) is 14.4 Å². The lowest BCUT2D eigenvalue weighted by Crippen LogP contribution is -2.47. The highest BCUT2D eigenvalue weighted by Crippen LogP contribution is 2.55. The monoisotopic (exact) mass is 964 g/mol. The van der Waals surface area contributed by atoms with Crippen molar-refractivity contribution in [3.63, 3.8) is 0 Å². The van der Waals surface area contributed by atoms with Crippen molar-refractivity contribution in [1.29, 1.82) is 4.78 Å². The van der Waals surface area contributed by atoms with Crippen LogP contribution in [0.1, 0.15) is 166 Å². The van der Waals surface area contributed by atoms with Gasteiger partial charge in [-0.05, 0) is 55.7 Å². The van der Waals surface area contributed by atoms with Crippen molar-refractivity contribution >= 4 is 64.1 Å². The summed E-state index contributed by atoms with van der Waals surface area (Å²) in [7, 11) is -4.60. The van der Waals surface area contributed by atoms with E-state index in [1.807, 2.05) is 18.2 Å². The van der Waals surface area contributed by atoms with Crippen LogP contribution in [0.5, 0.6) is 0 Å². The molecule has 15 heteroatoms. The second-order valence-electron chi connectivity index (χ2n) is 22.0. The predicted molar refractivity (Wildman–Crippen MR) is 264 cm³/mol. The normalized spacial score (nSPS) is 25.4. The lowest BCUT2D eigenvalue weighted by Gasteiger charge is -2.42. The van der Waals surface area contributed by atoms with Crippen molar-refractivity contribution in [2.45, 2.75) is 201 Å². The maximum atomic E-state index is 12.7. The van der Waals surface area contributed by atoms with Crippen LogP contribution in [0.4, 0.5) is 11.4 Å². The average molecular weight is 965 g/mol. The first kappa shape index (κ1) is 49.0. The van der Waals surface area contributed by atoms with Gasteiger partial charge in [-0.1, -0.05) is 140 Å². The van der Waals surface area contributed by atoms with Gasteiger partial charge >= 0.3 is 5.97 Å². The Morgan fingerprint density at radius 3 is 1.96 bits per heavy atom. The van der Waals surface area contributed by atoms with E-state index in [0.717, 1.165) is 101 Å². The molecule has 12 nitrogen and oxygen atoms in total. The van der Waals surface area contributed by atoms with Crippen molar-refractivity contribution in [3.8, 4) is 0 Å². The van der Waals surface area contributed by atoms with E-state index in [-0.39, 0.29) is 36.4 Å². The van der Waals surface area contributed by atoms with Crippen LogP contribution in [0.3, 0.4) is 0 Å². The minimum Gasteiger partial charge on any atom is -0.744 e. The minimum absolute atomic E-state index is 0.0441. The lowest BCUT2D eigenvalue weighted by molar-refractivity contribution is -0.445. The molecule has 68 heavy (non-hydrogen) atoms. The molecule has 3 aliphatic carbocycles. The van der Waals surface area contributed by atoms with Crippen LogP contribution in [0, 0.1) is 4.78 Å². The van der Waals surface area contributed by atoms with Gasteiger partial charge < -0.3 is 19.0 Å². The number of hydrogen-bond acceptors (Lipinski definition) is 11. The lowest BCUT2D eigenvalue weighted by atomic mass is 9.24. The molecule has 1 saturated heterocycles. The van der Waals surface area contributed by atoms with Gasteiger partial charge in [0.05, 0.1) is 28.9 Å². The van der Waals surface area contributed by atoms with Gasteiger partial charge in [-0.25, -0.2) is 18.0 Å². The fourth-order valence-electron chi connectivity index (χ4n) is 14.3. The van der Waals surface area contributed by atoms with Gasteiger partial charge in [0.25, 0.3) is 11.8 Å². The van der Waals surface area contributed by atoms with E-state index < -0.39 is 38.7 Å². The molecule has 6 aliphatic heterocycles. The minimum atomic E-state index is -4.60. The third-order valence-electron chi connectivity index (χ3n) is 17.2. The maximum absolute atomic E-state index is 12.7. The second kappa shape index (κ2) is 19.6. The molecule has 364 valence electrons. The topological polar surface area (TPSA) is 160 Å². The summed E-state index contributed by atoms with van der Waals surface area (Å²) in [6.07, 6.45) is 27.0. The van der Waals surface area contributed by atoms with Crippen LogP contribution in [-0.2, 0) is 63.8 Å². The van der Waals surface area contributed by atoms with E-state index in [1.54, 1.807) is 83.1 Å². The van der Waals surface area contributed by atoms with Crippen LogP contribution in [-0.4, -0.2) is 78.1 Å². The summed E-state index contributed by atoms with van der Waals surface area (Å²) in [4.78, 5) is 43.8. The maximum Gasteiger partial charge on any atom is 0.337 e.